The van der Waals surface area contributed by atoms with Crippen LogP contribution in [0.5, 0.6) is 0 Å². The van der Waals surface area contributed by atoms with Crippen molar-refractivity contribution in [2.45, 2.75) is 17.3 Å². The second-order valence-corrected chi connectivity index (χ2v) is 5.91. The molecule has 0 radical (unpaired) electrons. The van der Waals surface area contributed by atoms with Gasteiger partial charge in [-0.1, -0.05) is 23.4 Å². The molecule has 106 valence electrons. The van der Waals surface area contributed by atoms with Gasteiger partial charge < -0.3 is 9.88 Å². The Morgan fingerprint density at radius 2 is 2.30 bits per heavy atom. The summed E-state index contributed by atoms with van der Waals surface area (Å²) in [6.07, 6.45) is 3.48. The summed E-state index contributed by atoms with van der Waals surface area (Å²) in [5, 5.41) is 3.25. The second kappa shape index (κ2) is 6.28. The molecular weight excluding hydrogens is 301 g/mol. The van der Waals surface area contributed by atoms with E-state index in [1.54, 1.807) is 13.1 Å². The van der Waals surface area contributed by atoms with E-state index in [4.69, 9.17) is 11.6 Å². The number of nitrogens with one attached hydrogen (secondary N) is 1. The third-order valence-electron chi connectivity index (χ3n) is 2.62. The number of hydrogen-bond donors (Lipinski definition) is 1. The Balaban J connectivity index is 2.02. The first-order valence-corrected chi connectivity index (χ1v) is 7.13. The van der Waals surface area contributed by atoms with E-state index < -0.39 is 5.82 Å². The minimum atomic E-state index is -0.441. The monoisotopic (exact) mass is 313 g/mol. The Bertz CT molecular complexity index is 632. The molecule has 1 aromatic carbocycles. The minimum Gasteiger partial charge on any atom is -0.329 e. The largest absolute Gasteiger partial charge is 0.329 e. The normalized spacial score (nSPS) is 12.2. The van der Waals surface area contributed by atoms with Crippen molar-refractivity contribution in [2.75, 3.05) is 5.32 Å². The molecule has 7 heteroatoms. The predicted octanol–water partition coefficient (Wildman–Crippen LogP) is 3.33. The summed E-state index contributed by atoms with van der Waals surface area (Å²) in [5.74, 6) is -0.657. The summed E-state index contributed by atoms with van der Waals surface area (Å²) < 4.78 is 14.8. The Morgan fingerprint density at radius 3 is 2.90 bits per heavy atom. The van der Waals surface area contributed by atoms with Crippen LogP contribution in [-0.2, 0) is 11.8 Å². The number of carbonyl (C=O) groups excluding carboxylic acids is 1. The van der Waals surface area contributed by atoms with Crippen LogP contribution in [0, 0.1) is 5.82 Å². The molecule has 0 aliphatic heterocycles. The van der Waals surface area contributed by atoms with Crippen molar-refractivity contribution >= 4 is 35.0 Å². The zero-order valence-electron chi connectivity index (χ0n) is 10.9. The van der Waals surface area contributed by atoms with E-state index in [1.165, 1.54) is 23.9 Å². The van der Waals surface area contributed by atoms with E-state index >= 15 is 0 Å². The number of nitrogens with zero attached hydrogens (tertiary/aromatic N) is 2. The van der Waals surface area contributed by atoms with Crippen LogP contribution in [0.15, 0.2) is 35.7 Å². The van der Waals surface area contributed by atoms with E-state index in [1.807, 2.05) is 17.8 Å². The van der Waals surface area contributed by atoms with Gasteiger partial charge in [-0.15, -0.1) is 0 Å². The van der Waals surface area contributed by atoms with Crippen LogP contribution in [-0.4, -0.2) is 20.7 Å². The van der Waals surface area contributed by atoms with Gasteiger partial charge in [-0.2, -0.15) is 0 Å². The Kier molecular flexibility index (Phi) is 4.67. The zero-order valence-corrected chi connectivity index (χ0v) is 12.5. The number of benzene rings is 1. The van der Waals surface area contributed by atoms with Crippen molar-refractivity contribution in [3.63, 3.8) is 0 Å². The van der Waals surface area contributed by atoms with Gasteiger partial charge in [0.1, 0.15) is 5.82 Å². The highest BCUT2D eigenvalue weighted by molar-refractivity contribution is 8.00. The van der Waals surface area contributed by atoms with Gasteiger partial charge in [0.25, 0.3) is 0 Å². The average Bonchev–Trinajstić information content (AvgIpc) is 2.78. The minimum absolute atomic E-state index is 0.174. The first kappa shape index (κ1) is 14.9. The predicted molar refractivity (Wildman–Crippen MR) is 78.6 cm³/mol. The molecule has 0 bridgehead atoms. The SMILES string of the molecule is C[C@H](Sc1nccn1C)C(=O)Nc1ccc(F)cc1Cl. The molecule has 0 aliphatic carbocycles. The van der Waals surface area contributed by atoms with Gasteiger partial charge in [-0.05, 0) is 25.1 Å². The summed E-state index contributed by atoms with van der Waals surface area (Å²) in [6, 6.07) is 3.85. The van der Waals surface area contributed by atoms with Crippen molar-refractivity contribution in [1.82, 2.24) is 9.55 Å². The van der Waals surface area contributed by atoms with Crippen molar-refractivity contribution in [1.29, 1.82) is 0 Å². The van der Waals surface area contributed by atoms with Gasteiger partial charge in [-0.3, -0.25) is 4.79 Å². The van der Waals surface area contributed by atoms with E-state index in [0.717, 1.165) is 11.2 Å². The number of aryl methyl sites for hydroxylation is 1. The molecule has 2 rings (SSSR count). The van der Waals surface area contributed by atoms with Crippen LogP contribution < -0.4 is 5.32 Å². The fourth-order valence-electron chi connectivity index (χ4n) is 1.50. The number of thioether (sulfide) groups is 1. The molecule has 1 aromatic heterocycles. The van der Waals surface area contributed by atoms with Crippen molar-refractivity contribution in [3.05, 3.63) is 41.4 Å². The van der Waals surface area contributed by atoms with Gasteiger partial charge >= 0.3 is 0 Å². The number of halogens is 2. The lowest BCUT2D eigenvalue weighted by Crippen LogP contribution is -2.23. The molecule has 0 saturated carbocycles. The smallest absolute Gasteiger partial charge is 0.237 e. The maximum Gasteiger partial charge on any atom is 0.237 e. The number of imidazole rings is 1. The Hall–Kier alpha value is -1.53. The maximum absolute atomic E-state index is 12.9. The highest BCUT2D eigenvalue weighted by Crippen LogP contribution is 2.25. The van der Waals surface area contributed by atoms with Crippen LogP contribution in [0.3, 0.4) is 0 Å². The fraction of sp³-hybridized carbons (Fsp3) is 0.231. The molecule has 0 unspecified atom stereocenters. The zero-order chi connectivity index (χ0) is 14.7. The number of hydrogen-bond acceptors (Lipinski definition) is 3. The second-order valence-electron chi connectivity index (χ2n) is 4.19. The Labute approximate surface area is 125 Å². The van der Waals surface area contributed by atoms with E-state index in [2.05, 4.69) is 10.3 Å². The van der Waals surface area contributed by atoms with Crippen molar-refractivity contribution in [2.24, 2.45) is 7.05 Å². The lowest BCUT2D eigenvalue weighted by atomic mass is 10.3. The summed E-state index contributed by atoms with van der Waals surface area (Å²) in [6.45, 7) is 1.77. The molecule has 20 heavy (non-hydrogen) atoms. The van der Waals surface area contributed by atoms with E-state index in [0.29, 0.717) is 5.69 Å². The topological polar surface area (TPSA) is 46.9 Å². The highest BCUT2D eigenvalue weighted by atomic mass is 35.5. The molecule has 4 nitrogen and oxygen atoms in total. The maximum atomic E-state index is 12.9. The number of anilines is 1. The standard InChI is InChI=1S/C13H13ClFN3OS/c1-8(20-13-16-5-6-18(13)2)12(19)17-11-4-3-9(15)7-10(11)14/h3-8H,1-2H3,(H,17,19)/t8-/m0/s1. The highest BCUT2D eigenvalue weighted by Gasteiger charge is 2.17. The molecule has 1 amide bonds. The molecule has 1 atom stereocenters. The van der Waals surface area contributed by atoms with E-state index in [-0.39, 0.29) is 16.2 Å². The molecule has 0 aliphatic rings. The number of rotatable bonds is 4. The molecule has 0 fully saturated rings. The van der Waals surface area contributed by atoms with Crippen LogP contribution in [0.2, 0.25) is 5.02 Å². The number of amides is 1. The number of aromatic nitrogens is 2. The summed E-state index contributed by atoms with van der Waals surface area (Å²) >= 11 is 7.20. The van der Waals surface area contributed by atoms with Crippen molar-refractivity contribution in [3.8, 4) is 0 Å². The quantitative estimate of drug-likeness (QED) is 0.881. The molecule has 2 aromatic rings. The van der Waals surface area contributed by atoms with Gasteiger partial charge in [0, 0.05) is 19.4 Å². The molecule has 1 heterocycles. The molecule has 0 spiro atoms. The average molecular weight is 314 g/mol. The molecule has 1 N–H and O–H groups in total. The van der Waals surface area contributed by atoms with Gasteiger partial charge in [-0.25, -0.2) is 9.37 Å². The lowest BCUT2D eigenvalue weighted by molar-refractivity contribution is -0.115. The lowest BCUT2D eigenvalue weighted by Gasteiger charge is -2.12. The fourth-order valence-corrected chi connectivity index (χ4v) is 2.55. The summed E-state index contributed by atoms with van der Waals surface area (Å²) in [7, 11) is 1.86. The molecular formula is C13H13ClFN3OS. The summed E-state index contributed by atoms with van der Waals surface area (Å²) in [5.41, 5.74) is 0.394. The third-order valence-corrected chi connectivity index (χ3v) is 4.10. The van der Waals surface area contributed by atoms with E-state index in [9.17, 15) is 9.18 Å². The van der Waals surface area contributed by atoms with Crippen LogP contribution in [0.4, 0.5) is 10.1 Å². The van der Waals surface area contributed by atoms with Gasteiger partial charge in [0.05, 0.1) is 16.0 Å². The van der Waals surface area contributed by atoms with Gasteiger partial charge in [0.2, 0.25) is 5.91 Å². The molecule has 0 saturated heterocycles. The first-order valence-electron chi connectivity index (χ1n) is 5.87. The third kappa shape index (κ3) is 3.52. The van der Waals surface area contributed by atoms with Crippen LogP contribution in [0.25, 0.3) is 0 Å². The Morgan fingerprint density at radius 1 is 1.55 bits per heavy atom. The first-order chi connectivity index (χ1) is 9.47. The van der Waals surface area contributed by atoms with Crippen molar-refractivity contribution < 1.29 is 9.18 Å². The van der Waals surface area contributed by atoms with Crippen LogP contribution in [0.1, 0.15) is 6.92 Å². The van der Waals surface area contributed by atoms with Gasteiger partial charge in [0.15, 0.2) is 5.16 Å². The summed E-state index contributed by atoms with van der Waals surface area (Å²) in [4.78, 5) is 16.2. The number of carbonyl (C=O) groups is 1. The van der Waals surface area contributed by atoms with Crippen LogP contribution >= 0.6 is 23.4 Å².